The van der Waals surface area contributed by atoms with Gasteiger partial charge in [0.1, 0.15) is 6.61 Å². The number of ether oxygens (including phenoxy) is 1. The molecule has 0 saturated carbocycles. The standard InChI is InChI=1S/C24H30ClN3O6S2/c1-17-21(16-23(29)26-11-14-35-36-15-13-34-28(31)32)18(2)27(22(17)6-4-5-12-33-3)24(30)19-7-9-20(25)10-8-19/h4-5,7-10H,6,11-16H2,1-3H3,(H,26,29)/b5-4-. The van der Waals surface area contributed by atoms with Crippen molar-refractivity contribution in [2.75, 3.05) is 38.4 Å². The van der Waals surface area contributed by atoms with Crippen LogP contribution in [0.25, 0.3) is 0 Å². The molecule has 9 nitrogen and oxygen atoms in total. The molecule has 12 heteroatoms. The fourth-order valence-corrected chi connectivity index (χ4v) is 5.38. The monoisotopic (exact) mass is 555 g/mol. The molecule has 196 valence electrons. The van der Waals surface area contributed by atoms with Crippen LogP contribution in [0.4, 0.5) is 0 Å². The van der Waals surface area contributed by atoms with Crippen molar-refractivity contribution in [1.29, 1.82) is 0 Å². The van der Waals surface area contributed by atoms with Crippen molar-refractivity contribution in [1.82, 2.24) is 9.88 Å². The van der Waals surface area contributed by atoms with Crippen LogP contribution >= 0.6 is 33.2 Å². The Kier molecular flexibility index (Phi) is 12.9. The van der Waals surface area contributed by atoms with Gasteiger partial charge < -0.3 is 14.9 Å². The van der Waals surface area contributed by atoms with Gasteiger partial charge in [0.25, 0.3) is 11.0 Å². The van der Waals surface area contributed by atoms with E-state index in [0.717, 1.165) is 22.5 Å². The Morgan fingerprint density at radius 2 is 1.86 bits per heavy atom. The van der Waals surface area contributed by atoms with Gasteiger partial charge in [-0.1, -0.05) is 45.3 Å². The van der Waals surface area contributed by atoms with Crippen LogP contribution in [0.3, 0.4) is 0 Å². The van der Waals surface area contributed by atoms with Gasteiger partial charge in [-0.25, -0.2) is 0 Å². The molecule has 1 heterocycles. The summed E-state index contributed by atoms with van der Waals surface area (Å²) in [5.41, 5.74) is 3.79. The summed E-state index contributed by atoms with van der Waals surface area (Å²) in [5.74, 6) is 0.817. The Balaban J connectivity index is 2.08. The van der Waals surface area contributed by atoms with Crippen LogP contribution in [0.2, 0.25) is 5.02 Å². The van der Waals surface area contributed by atoms with Crippen molar-refractivity contribution in [3.8, 4) is 0 Å². The fourth-order valence-electron chi connectivity index (χ4n) is 3.53. The summed E-state index contributed by atoms with van der Waals surface area (Å²) in [5, 5.41) is 12.8. The van der Waals surface area contributed by atoms with Crippen molar-refractivity contribution in [3.05, 3.63) is 79.6 Å². The van der Waals surface area contributed by atoms with E-state index in [1.54, 1.807) is 35.9 Å². The largest absolute Gasteiger partial charge is 0.381 e. The van der Waals surface area contributed by atoms with Crippen molar-refractivity contribution in [3.63, 3.8) is 0 Å². The molecular formula is C24H30ClN3O6S2. The first kappa shape index (κ1) is 29.8. The molecule has 0 spiro atoms. The topological polar surface area (TPSA) is 113 Å². The molecule has 1 aromatic carbocycles. The maximum absolute atomic E-state index is 13.4. The number of hydrogen-bond acceptors (Lipinski definition) is 8. The van der Waals surface area contributed by atoms with E-state index in [-0.39, 0.29) is 24.8 Å². The van der Waals surface area contributed by atoms with Gasteiger partial charge in [-0.15, -0.1) is 10.1 Å². The number of methoxy groups -OCH3 is 1. The number of hydrogen-bond donors (Lipinski definition) is 1. The summed E-state index contributed by atoms with van der Waals surface area (Å²) in [6.07, 6.45) is 4.52. The number of benzene rings is 1. The molecular weight excluding hydrogens is 526 g/mol. The highest BCUT2D eigenvalue weighted by Crippen LogP contribution is 2.26. The van der Waals surface area contributed by atoms with Gasteiger partial charge in [0.2, 0.25) is 5.91 Å². The quantitative estimate of drug-likeness (QED) is 0.113. The lowest BCUT2D eigenvalue weighted by atomic mass is 10.1. The minimum atomic E-state index is -0.812. The average Bonchev–Trinajstić information content (AvgIpc) is 3.07. The fraction of sp³-hybridized carbons (Fsp3) is 0.417. The maximum atomic E-state index is 13.4. The molecule has 0 unspecified atom stereocenters. The number of nitrogens with one attached hydrogen (secondary N) is 1. The van der Waals surface area contributed by atoms with Crippen molar-refractivity contribution in [2.45, 2.75) is 26.7 Å². The lowest BCUT2D eigenvalue weighted by molar-refractivity contribution is -0.756. The summed E-state index contributed by atoms with van der Waals surface area (Å²) in [4.78, 5) is 40.4. The van der Waals surface area contributed by atoms with Gasteiger partial charge in [-0.3, -0.25) is 14.2 Å². The Labute approximate surface area is 223 Å². The zero-order chi connectivity index (χ0) is 26.5. The van der Waals surface area contributed by atoms with Gasteiger partial charge in [0.15, 0.2) is 0 Å². The third kappa shape index (κ3) is 9.20. The van der Waals surface area contributed by atoms with Crippen molar-refractivity contribution in [2.24, 2.45) is 0 Å². The van der Waals surface area contributed by atoms with Crippen LogP contribution in [0, 0.1) is 24.0 Å². The molecule has 2 rings (SSSR count). The second kappa shape index (κ2) is 15.6. The molecule has 1 N–H and O–H groups in total. The number of nitrogens with zero attached hydrogens (tertiary/aromatic N) is 2. The second-order valence-electron chi connectivity index (χ2n) is 7.64. The lowest BCUT2D eigenvalue weighted by Crippen LogP contribution is -2.27. The first-order valence-electron chi connectivity index (χ1n) is 11.2. The number of rotatable bonds is 15. The van der Waals surface area contributed by atoms with Gasteiger partial charge >= 0.3 is 0 Å². The van der Waals surface area contributed by atoms with E-state index in [9.17, 15) is 19.7 Å². The van der Waals surface area contributed by atoms with E-state index < -0.39 is 5.09 Å². The Bertz CT molecular complexity index is 1070. The number of allylic oxidation sites excluding steroid dienone is 1. The summed E-state index contributed by atoms with van der Waals surface area (Å²) < 4.78 is 6.75. The van der Waals surface area contributed by atoms with Crippen LogP contribution in [-0.2, 0) is 27.2 Å². The molecule has 1 amide bonds. The highest BCUT2D eigenvalue weighted by Gasteiger charge is 2.23. The molecule has 1 aromatic heterocycles. The van der Waals surface area contributed by atoms with Crippen LogP contribution < -0.4 is 5.32 Å². The number of halogens is 1. The third-order valence-electron chi connectivity index (χ3n) is 5.25. The average molecular weight is 556 g/mol. The van der Waals surface area contributed by atoms with E-state index in [0.29, 0.717) is 41.7 Å². The van der Waals surface area contributed by atoms with E-state index in [4.69, 9.17) is 16.3 Å². The highest BCUT2D eigenvalue weighted by atomic mass is 35.5. The summed E-state index contributed by atoms with van der Waals surface area (Å²) >= 11 is 5.99. The highest BCUT2D eigenvalue weighted by molar-refractivity contribution is 8.76. The molecule has 0 radical (unpaired) electrons. The van der Waals surface area contributed by atoms with Gasteiger partial charge in [-0.05, 0) is 49.2 Å². The summed E-state index contributed by atoms with van der Waals surface area (Å²) in [7, 11) is 4.57. The first-order valence-corrected chi connectivity index (χ1v) is 14.0. The first-order chi connectivity index (χ1) is 17.3. The number of aromatic nitrogens is 1. The normalized spacial score (nSPS) is 11.1. The molecule has 0 atom stereocenters. The van der Waals surface area contributed by atoms with E-state index in [2.05, 4.69) is 10.2 Å². The minimum absolute atomic E-state index is 0.0320. The Hall–Kier alpha value is -2.47. The van der Waals surface area contributed by atoms with E-state index in [1.807, 2.05) is 26.0 Å². The zero-order valence-corrected chi connectivity index (χ0v) is 22.8. The molecule has 0 bridgehead atoms. The van der Waals surface area contributed by atoms with Crippen molar-refractivity contribution < 1.29 is 24.3 Å². The predicted octanol–water partition coefficient (Wildman–Crippen LogP) is 4.44. The summed E-state index contributed by atoms with van der Waals surface area (Å²) in [6, 6.07) is 6.74. The molecule has 0 saturated heterocycles. The number of carbonyl (C=O) groups is 2. The molecule has 0 aliphatic rings. The molecule has 0 aliphatic heterocycles. The molecule has 0 aliphatic carbocycles. The minimum Gasteiger partial charge on any atom is -0.381 e. The third-order valence-corrected chi connectivity index (χ3v) is 7.88. The lowest BCUT2D eigenvalue weighted by Gasteiger charge is -2.10. The molecule has 36 heavy (non-hydrogen) atoms. The number of amides is 1. The number of carbonyl (C=O) groups excluding carboxylic acids is 2. The zero-order valence-electron chi connectivity index (χ0n) is 20.5. The van der Waals surface area contributed by atoms with Gasteiger partial charge in [0, 0.05) is 53.6 Å². The van der Waals surface area contributed by atoms with Crippen molar-refractivity contribution >= 4 is 45.0 Å². The second-order valence-corrected chi connectivity index (χ2v) is 10.8. The summed E-state index contributed by atoms with van der Waals surface area (Å²) in [6.45, 7) is 4.75. The van der Waals surface area contributed by atoms with Crippen LogP contribution in [0.15, 0.2) is 36.4 Å². The smallest absolute Gasteiger partial charge is 0.294 e. The predicted molar refractivity (Wildman–Crippen MR) is 144 cm³/mol. The Morgan fingerprint density at radius 1 is 1.17 bits per heavy atom. The van der Waals surface area contributed by atoms with Gasteiger partial charge in [-0.2, -0.15) is 0 Å². The van der Waals surface area contributed by atoms with Crippen LogP contribution in [0.1, 0.15) is 32.9 Å². The van der Waals surface area contributed by atoms with E-state index >= 15 is 0 Å². The molecule has 0 fully saturated rings. The van der Waals surface area contributed by atoms with E-state index in [1.165, 1.54) is 21.6 Å². The SMILES string of the molecule is COC/C=C\Cc1c(C)c(CC(=O)NCCSSCCO[N+](=O)[O-])c(C)n1C(=O)c1ccc(Cl)cc1. The van der Waals surface area contributed by atoms with Gasteiger partial charge in [0.05, 0.1) is 13.0 Å². The van der Waals surface area contributed by atoms with Crippen LogP contribution in [0.5, 0.6) is 0 Å². The maximum Gasteiger partial charge on any atom is 0.294 e. The Morgan fingerprint density at radius 3 is 2.53 bits per heavy atom. The molecule has 2 aromatic rings. The van der Waals surface area contributed by atoms with Crippen LogP contribution in [-0.4, -0.2) is 59.8 Å².